The van der Waals surface area contributed by atoms with Crippen LogP contribution in [0.5, 0.6) is 0 Å². The van der Waals surface area contributed by atoms with Crippen LogP contribution in [0.1, 0.15) is 5.56 Å². The van der Waals surface area contributed by atoms with Crippen molar-refractivity contribution in [3.8, 4) is 0 Å². The van der Waals surface area contributed by atoms with E-state index in [9.17, 15) is 23.9 Å². The van der Waals surface area contributed by atoms with E-state index in [0.717, 1.165) is 22.4 Å². The third-order valence-corrected chi connectivity index (χ3v) is 5.98. The van der Waals surface area contributed by atoms with E-state index in [1.807, 2.05) is 31.2 Å². The fraction of sp³-hybridized carbons (Fsp3) is 0.0526. The maximum absolute atomic E-state index is 13.3. The van der Waals surface area contributed by atoms with Gasteiger partial charge in [-0.05, 0) is 35.4 Å². The summed E-state index contributed by atoms with van der Waals surface area (Å²) in [5.41, 5.74) is -0.968. The van der Waals surface area contributed by atoms with Crippen molar-refractivity contribution in [2.75, 3.05) is 0 Å². The third kappa shape index (κ3) is 2.81. The first kappa shape index (κ1) is 17.8. The van der Waals surface area contributed by atoms with E-state index in [2.05, 4.69) is 9.97 Å². The minimum Gasteiger partial charge on any atom is -0.316 e. The molecule has 0 aliphatic rings. The highest BCUT2D eigenvalue weighted by atomic mass is 32.2. The summed E-state index contributed by atoms with van der Waals surface area (Å²) in [4.78, 5) is 39.0. The molecule has 0 bridgehead atoms. The standard InChI is InChI=1S/C19H13N3O5S/c1-10-6-7-16(12-5-3-2-4-11(10)12)28(27)17-9-14-13(8-15(17)22(25)26)20-18(23)19(24)21-14/h2-9H,1H3,(H,20,23)(H,21,24). The molecular weight excluding hydrogens is 382 g/mol. The summed E-state index contributed by atoms with van der Waals surface area (Å²) in [7, 11) is -1.89. The summed E-state index contributed by atoms with van der Waals surface area (Å²) >= 11 is 0. The van der Waals surface area contributed by atoms with Gasteiger partial charge in [0, 0.05) is 6.07 Å². The van der Waals surface area contributed by atoms with Gasteiger partial charge in [0.05, 0.1) is 31.7 Å². The van der Waals surface area contributed by atoms with Gasteiger partial charge in [-0.2, -0.15) is 0 Å². The number of hydrogen-bond acceptors (Lipinski definition) is 5. The fourth-order valence-corrected chi connectivity index (χ4v) is 4.48. The summed E-state index contributed by atoms with van der Waals surface area (Å²) < 4.78 is 13.3. The molecule has 8 nitrogen and oxygen atoms in total. The number of nitrogens with zero attached hydrogens (tertiary/aromatic N) is 1. The van der Waals surface area contributed by atoms with Gasteiger partial charge >= 0.3 is 11.1 Å². The zero-order valence-electron chi connectivity index (χ0n) is 14.5. The van der Waals surface area contributed by atoms with Crippen LogP contribution in [-0.2, 0) is 10.8 Å². The van der Waals surface area contributed by atoms with Crippen molar-refractivity contribution in [1.29, 1.82) is 0 Å². The summed E-state index contributed by atoms with van der Waals surface area (Å²) in [6.07, 6.45) is 0. The van der Waals surface area contributed by atoms with E-state index in [4.69, 9.17) is 0 Å². The lowest BCUT2D eigenvalue weighted by Gasteiger charge is -2.10. The Balaban J connectivity index is 2.02. The van der Waals surface area contributed by atoms with E-state index in [1.54, 1.807) is 12.1 Å². The van der Waals surface area contributed by atoms with Crippen molar-refractivity contribution in [2.24, 2.45) is 0 Å². The monoisotopic (exact) mass is 395 g/mol. The average Bonchev–Trinajstić information content (AvgIpc) is 2.68. The molecule has 0 aliphatic heterocycles. The predicted molar refractivity (Wildman–Crippen MR) is 105 cm³/mol. The number of aryl methyl sites for hydroxylation is 1. The second-order valence-electron chi connectivity index (χ2n) is 6.23. The first-order valence-electron chi connectivity index (χ1n) is 8.21. The molecule has 1 atom stereocenters. The molecule has 1 aromatic heterocycles. The van der Waals surface area contributed by atoms with Gasteiger partial charge in [-0.1, -0.05) is 30.3 Å². The lowest BCUT2D eigenvalue weighted by molar-refractivity contribution is -0.387. The van der Waals surface area contributed by atoms with Crippen molar-refractivity contribution in [3.05, 3.63) is 84.9 Å². The van der Waals surface area contributed by atoms with Gasteiger partial charge in [-0.3, -0.25) is 19.7 Å². The number of hydrogen-bond donors (Lipinski definition) is 2. The van der Waals surface area contributed by atoms with Crippen LogP contribution in [0.4, 0.5) is 5.69 Å². The molecule has 0 amide bonds. The molecule has 28 heavy (non-hydrogen) atoms. The molecule has 4 rings (SSSR count). The molecule has 3 aromatic carbocycles. The molecule has 0 saturated heterocycles. The largest absolute Gasteiger partial charge is 0.316 e. The Morgan fingerprint density at radius 3 is 2.14 bits per heavy atom. The van der Waals surface area contributed by atoms with Crippen molar-refractivity contribution >= 4 is 38.3 Å². The van der Waals surface area contributed by atoms with Crippen LogP contribution in [0, 0.1) is 17.0 Å². The van der Waals surface area contributed by atoms with Crippen LogP contribution in [0.3, 0.4) is 0 Å². The van der Waals surface area contributed by atoms with Crippen LogP contribution in [0.25, 0.3) is 21.8 Å². The van der Waals surface area contributed by atoms with Crippen LogP contribution in [0.15, 0.2) is 67.9 Å². The maximum atomic E-state index is 13.3. The Hall–Kier alpha value is -3.59. The van der Waals surface area contributed by atoms with Crippen molar-refractivity contribution < 1.29 is 9.13 Å². The highest BCUT2D eigenvalue weighted by Gasteiger charge is 2.23. The average molecular weight is 395 g/mol. The van der Waals surface area contributed by atoms with E-state index < -0.39 is 32.5 Å². The second kappa shape index (κ2) is 6.54. The van der Waals surface area contributed by atoms with Crippen LogP contribution in [0.2, 0.25) is 0 Å². The predicted octanol–water partition coefficient (Wildman–Crippen LogP) is 2.75. The number of aromatic amines is 2. The summed E-state index contributed by atoms with van der Waals surface area (Å²) in [6.45, 7) is 1.93. The highest BCUT2D eigenvalue weighted by Crippen LogP contribution is 2.33. The van der Waals surface area contributed by atoms with Gasteiger partial charge < -0.3 is 9.97 Å². The maximum Gasteiger partial charge on any atom is 0.314 e. The lowest BCUT2D eigenvalue weighted by atomic mass is 10.1. The van der Waals surface area contributed by atoms with Crippen LogP contribution >= 0.6 is 0 Å². The molecule has 0 fully saturated rings. The van der Waals surface area contributed by atoms with Crippen LogP contribution < -0.4 is 11.1 Å². The fourth-order valence-electron chi connectivity index (χ4n) is 3.13. The van der Waals surface area contributed by atoms with Gasteiger partial charge in [0.15, 0.2) is 0 Å². The minimum atomic E-state index is -1.89. The lowest BCUT2D eigenvalue weighted by Crippen LogP contribution is -2.29. The zero-order valence-corrected chi connectivity index (χ0v) is 15.3. The molecule has 2 N–H and O–H groups in total. The number of nitrogens with one attached hydrogen (secondary N) is 2. The normalized spacial score (nSPS) is 12.3. The quantitative estimate of drug-likeness (QED) is 0.313. The molecule has 0 aliphatic carbocycles. The number of benzene rings is 3. The van der Waals surface area contributed by atoms with Crippen molar-refractivity contribution in [3.63, 3.8) is 0 Å². The molecule has 9 heteroatoms. The molecular formula is C19H13N3O5S. The number of fused-ring (bicyclic) bond motifs is 2. The smallest absolute Gasteiger partial charge is 0.314 e. The SMILES string of the molecule is Cc1ccc(S(=O)c2cc3[nH]c(=O)c(=O)[nH]c3cc2[N+](=O)[O-])c2ccccc12. The van der Waals surface area contributed by atoms with Gasteiger partial charge in [0.1, 0.15) is 4.90 Å². The van der Waals surface area contributed by atoms with E-state index >= 15 is 0 Å². The van der Waals surface area contributed by atoms with Crippen molar-refractivity contribution in [2.45, 2.75) is 16.7 Å². The minimum absolute atomic E-state index is 0.0609. The van der Waals surface area contributed by atoms with Crippen molar-refractivity contribution in [1.82, 2.24) is 9.97 Å². The van der Waals surface area contributed by atoms with E-state index in [0.29, 0.717) is 4.90 Å². The van der Waals surface area contributed by atoms with E-state index in [-0.39, 0.29) is 15.9 Å². The Morgan fingerprint density at radius 1 is 0.893 bits per heavy atom. The molecule has 0 radical (unpaired) electrons. The number of nitro groups is 1. The Bertz CT molecular complexity index is 1420. The molecule has 4 aromatic rings. The molecule has 0 saturated carbocycles. The summed E-state index contributed by atoms with van der Waals surface area (Å²) in [6, 6.07) is 13.2. The summed E-state index contributed by atoms with van der Waals surface area (Å²) in [5, 5.41) is 13.2. The number of nitro benzene ring substituents is 1. The highest BCUT2D eigenvalue weighted by molar-refractivity contribution is 7.85. The Labute approximate surface area is 159 Å². The molecule has 140 valence electrons. The first-order chi connectivity index (χ1) is 13.4. The zero-order chi connectivity index (χ0) is 20.0. The Kier molecular flexibility index (Phi) is 4.16. The van der Waals surface area contributed by atoms with Gasteiger partial charge in [0.25, 0.3) is 5.69 Å². The number of aromatic nitrogens is 2. The molecule has 0 spiro atoms. The third-order valence-electron chi connectivity index (χ3n) is 4.50. The van der Waals surface area contributed by atoms with E-state index in [1.165, 1.54) is 6.07 Å². The molecule has 1 heterocycles. The summed E-state index contributed by atoms with van der Waals surface area (Å²) in [5.74, 6) is 0. The van der Waals surface area contributed by atoms with Gasteiger partial charge in [-0.15, -0.1) is 0 Å². The topological polar surface area (TPSA) is 126 Å². The Morgan fingerprint density at radius 2 is 1.50 bits per heavy atom. The van der Waals surface area contributed by atoms with Gasteiger partial charge in [-0.25, -0.2) is 4.21 Å². The molecule has 1 unspecified atom stereocenters. The first-order valence-corrected chi connectivity index (χ1v) is 9.36. The second-order valence-corrected chi connectivity index (χ2v) is 7.64. The number of H-pyrrole nitrogens is 2. The van der Waals surface area contributed by atoms with Gasteiger partial charge in [0.2, 0.25) is 0 Å². The van der Waals surface area contributed by atoms with Crippen LogP contribution in [-0.4, -0.2) is 19.1 Å². The number of rotatable bonds is 3.